The van der Waals surface area contributed by atoms with Gasteiger partial charge in [0.05, 0.1) is 11.6 Å². The number of carbonyl (C=O) groups excluding carboxylic acids is 2. The molecule has 28 heavy (non-hydrogen) atoms. The second-order valence-corrected chi connectivity index (χ2v) is 7.73. The predicted molar refractivity (Wildman–Crippen MR) is 107 cm³/mol. The minimum atomic E-state index is -0.648. The van der Waals surface area contributed by atoms with E-state index in [1.165, 1.54) is 0 Å². The highest BCUT2D eigenvalue weighted by molar-refractivity contribution is 6.46. The lowest BCUT2D eigenvalue weighted by molar-refractivity contribution is -0.141. The first-order chi connectivity index (χ1) is 13.6. The smallest absolute Gasteiger partial charge is 0.295 e. The fourth-order valence-electron chi connectivity index (χ4n) is 4.25. The molecule has 1 atom stereocenters. The van der Waals surface area contributed by atoms with Crippen LogP contribution in [0.2, 0.25) is 5.02 Å². The molecule has 0 radical (unpaired) electrons. The van der Waals surface area contributed by atoms with Crippen molar-refractivity contribution < 1.29 is 14.7 Å². The van der Waals surface area contributed by atoms with Gasteiger partial charge in [-0.2, -0.15) is 0 Å². The third kappa shape index (κ3) is 3.31. The Morgan fingerprint density at radius 1 is 1.07 bits per heavy atom. The van der Waals surface area contributed by atoms with Gasteiger partial charge in [0.25, 0.3) is 11.7 Å². The summed E-state index contributed by atoms with van der Waals surface area (Å²) in [6.07, 6.45) is 8.21. The van der Waals surface area contributed by atoms with Gasteiger partial charge in [-0.25, -0.2) is 0 Å². The third-order valence-corrected chi connectivity index (χ3v) is 5.80. The van der Waals surface area contributed by atoms with Crippen LogP contribution in [0.15, 0.2) is 54.4 Å². The number of likely N-dealkylation sites (tertiary alicyclic amines) is 1. The van der Waals surface area contributed by atoms with Crippen LogP contribution in [0.1, 0.15) is 49.3 Å². The quantitative estimate of drug-likeness (QED) is 0.471. The summed E-state index contributed by atoms with van der Waals surface area (Å²) in [5, 5.41) is 11.4. The second kappa shape index (κ2) is 7.76. The number of hydrogen-bond acceptors (Lipinski definition) is 4. The van der Waals surface area contributed by atoms with E-state index in [2.05, 4.69) is 4.98 Å². The molecule has 1 unspecified atom stereocenters. The third-order valence-electron chi connectivity index (χ3n) is 5.57. The lowest BCUT2D eigenvalue weighted by atomic mass is 9.91. The molecule has 1 N–H and O–H groups in total. The maximum Gasteiger partial charge on any atom is 0.295 e. The number of amides is 1. The number of hydrogen-bond donors (Lipinski definition) is 1. The van der Waals surface area contributed by atoms with Crippen LogP contribution in [0.4, 0.5) is 0 Å². The van der Waals surface area contributed by atoms with Crippen LogP contribution >= 0.6 is 11.6 Å². The molecule has 2 aliphatic rings. The van der Waals surface area contributed by atoms with Gasteiger partial charge in [-0.3, -0.25) is 14.6 Å². The molecule has 2 heterocycles. The summed E-state index contributed by atoms with van der Waals surface area (Å²) in [4.78, 5) is 31.7. The molecule has 1 aromatic carbocycles. The van der Waals surface area contributed by atoms with E-state index in [1.54, 1.807) is 53.7 Å². The zero-order chi connectivity index (χ0) is 19.7. The number of aliphatic hydroxyl groups is 1. The first-order valence-electron chi connectivity index (χ1n) is 9.54. The Morgan fingerprint density at radius 2 is 1.79 bits per heavy atom. The van der Waals surface area contributed by atoms with Crippen molar-refractivity contribution in [3.63, 3.8) is 0 Å². The molecular weight excluding hydrogens is 376 g/mol. The molecule has 1 aromatic heterocycles. The van der Waals surface area contributed by atoms with E-state index in [4.69, 9.17) is 11.6 Å². The summed E-state index contributed by atoms with van der Waals surface area (Å²) in [5.74, 6) is -1.39. The molecule has 0 bridgehead atoms. The monoisotopic (exact) mass is 396 g/mol. The SMILES string of the molecule is O=C1C(=O)N(C2CCCCC2)C(c2ccncc2)/C1=C(/O)c1cccc(Cl)c1. The lowest BCUT2D eigenvalue weighted by Gasteiger charge is -2.35. The molecule has 144 valence electrons. The van der Waals surface area contributed by atoms with Crippen LogP contribution in [0.3, 0.4) is 0 Å². The van der Waals surface area contributed by atoms with Gasteiger partial charge in [-0.15, -0.1) is 0 Å². The molecule has 0 spiro atoms. The summed E-state index contributed by atoms with van der Waals surface area (Å²) in [5.41, 5.74) is 1.31. The van der Waals surface area contributed by atoms with Crippen molar-refractivity contribution in [2.45, 2.75) is 44.2 Å². The van der Waals surface area contributed by atoms with Crippen molar-refractivity contribution >= 4 is 29.1 Å². The standard InChI is InChI=1S/C22H21ClN2O3/c23-16-6-4-5-15(13-16)20(26)18-19(14-9-11-24-12-10-14)25(22(28)21(18)27)17-7-2-1-3-8-17/h4-6,9-13,17,19,26H,1-3,7-8H2/b20-18-. The summed E-state index contributed by atoms with van der Waals surface area (Å²) >= 11 is 6.06. The summed E-state index contributed by atoms with van der Waals surface area (Å²) < 4.78 is 0. The molecule has 2 fully saturated rings. The minimum Gasteiger partial charge on any atom is -0.507 e. The van der Waals surface area contributed by atoms with Gasteiger partial charge in [0.15, 0.2) is 0 Å². The average Bonchev–Trinajstić information content (AvgIpc) is 2.99. The molecule has 1 aliphatic carbocycles. The van der Waals surface area contributed by atoms with Crippen LogP contribution < -0.4 is 0 Å². The zero-order valence-corrected chi connectivity index (χ0v) is 16.1. The average molecular weight is 397 g/mol. The highest BCUT2D eigenvalue weighted by Crippen LogP contribution is 2.42. The number of nitrogens with zero attached hydrogens (tertiary/aromatic N) is 2. The van der Waals surface area contributed by atoms with Gasteiger partial charge in [-0.1, -0.05) is 43.0 Å². The number of carbonyl (C=O) groups is 2. The lowest BCUT2D eigenvalue weighted by Crippen LogP contribution is -2.40. The Bertz CT molecular complexity index is 936. The molecule has 1 aliphatic heterocycles. The first kappa shape index (κ1) is 18.7. The van der Waals surface area contributed by atoms with Crippen molar-refractivity contribution in [1.82, 2.24) is 9.88 Å². The number of rotatable bonds is 3. The summed E-state index contributed by atoms with van der Waals surface area (Å²) in [6.45, 7) is 0. The molecule has 4 rings (SSSR count). The molecule has 6 heteroatoms. The number of aliphatic hydroxyl groups excluding tert-OH is 1. The van der Waals surface area contributed by atoms with Crippen molar-refractivity contribution in [3.8, 4) is 0 Å². The largest absolute Gasteiger partial charge is 0.507 e. The van der Waals surface area contributed by atoms with Crippen molar-refractivity contribution in [2.75, 3.05) is 0 Å². The Kier molecular flexibility index (Phi) is 5.18. The van der Waals surface area contributed by atoms with Crippen molar-refractivity contribution in [3.05, 3.63) is 70.5 Å². The van der Waals surface area contributed by atoms with Crippen LogP contribution in [0.5, 0.6) is 0 Å². The number of pyridine rings is 1. The van der Waals surface area contributed by atoms with Crippen LogP contribution in [0.25, 0.3) is 5.76 Å². The Hall–Kier alpha value is -2.66. The normalized spacial score (nSPS) is 22.6. The summed E-state index contributed by atoms with van der Waals surface area (Å²) in [7, 11) is 0. The number of ketones is 1. The fourth-order valence-corrected chi connectivity index (χ4v) is 4.44. The maximum atomic E-state index is 13.0. The van der Waals surface area contributed by atoms with Gasteiger partial charge in [0.2, 0.25) is 0 Å². The topological polar surface area (TPSA) is 70.5 Å². The van der Waals surface area contributed by atoms with E-state index < -0.39 is 17.7 Å². The van der Waals surface area contributed by atoms with Gasteiger partial charge >= 0.3 is 0 Å². The Morgan fingerprint density at radius 3 is 2.46 bits per heavy atom. The summed E-state index contributed by atoms with van der Waals surface area (Å²) in [6, 6.07) is 9.62. The Balaban J connectivity index is 1.87. The predicted octanol–water partition coefficient (Wildman–Crippen LogP) is 4.49. The number of Topliss-reactive ketones (excluding diaryl/α,β-unsaturated/α-hetero) is 1. The zero-order valence-electron chi connectivity index (χ0n) is 15.3. The molecular formula is C22H21ClN2O3. The van der Waals surface area contributed by atoms with E-state index in [1.807, 2.05) is 0 Å². The molecule has 1 amide bonds. The van der Waals surface area contributed by atoms with Crippen LogP contribution in [0, 0.1) is 0 Å². The van der Waals surface area contributed by atoms with Gasteiger partial charge in [0.1, 0.15) is 5.76 Å². The molecule has 2 aromatic rings. The number of benzene rings is 1. The van der Waals surface area contributed by atoms with Gasteiger partial charge in [-0.05, 0) is 42.7 Å². The van der Waals surface area contributed by atoms with Gasteiger partial charge < -0.3 is 10.0 Å². The van der Waals surface area contributed by atoms with Gasteiger partial charge in [0, 0.05) is 29.0 Å². The Labute approximate surface area is 168 Å². The van der Waals surface area contributed by atoms with Crippen LogP contribution in [-0.4, -0.2) is 32.7 Å². The van der Waals surface area contributed by atoms with Crippen LogP contribution in [-0.2, 0) is 9.59 Å². The molecule has 1 saturated heterocycles. The molecule has 5 nitrogen and oxygen atoms in total. The van der Waals surface area contributed by atoms with Crippen molar-refractivity contribution in [2.24, 2.45) is 0 Å². The number of halogens is 1. The second-order valence-electron chi connectivity index (χ2n) is 7.29. The van der Waals surface area contributed by atoms with E-state index in [-0.39, 0.29) is 17.4 Å². The number of aromatic nitrogens is 1. The van der Waals surface area contributed by atoms with E-state index in [9.17, 15) is 14.7 Å². The van der Waals surface area contributed by atoms with E-state index >= 15 is 0 Å². The highest BCUT2D eigenvalue weighted by atomic mass is 35.5. The van der Waals surface area contributed by atoms with Crippen molar-refractivity contribution in [1.29, 1.82) is 0 Å². The molecule has 1 saturated carbocycles. The fraction of sp³-hybridized carbons (Fsp3) is 0.318. The minimum absolute atomic E-state index is 0.00646. The highest BCUT2D eigenvalue weighted by Gasteiger charge is 2.48. The van der Waals surface area contributed by atoms with E-state index in [0.717, 1.165) is 37.7 Å². The first-order valence-corrected chi connectivity index (χ1v) is 9.91. The maximum absolute atomic E-state index is 13.0. The van der Waals surface area contributed by atoms with E-state index in [0.29, 0.717) is 10.6 Å².